The highest BCUT2D eigenvalue weighted by Crippen LogP contribution is 2.19. The Kier molecular flexibility index (Phi) is 3.38. The topological polar surface area (TPSA) is 92.8 Å². The van der Waals surface area contributed by atoms with Crippen LogP contribution in [0.1, 0.15) is 6.92 Å². The van der Waals surface area contributed by atoms with Gasteiger partial charge in [-0.2, -0.15) is 15.1 Å². The Morgan fingerprint density at radius 3 is 3.18 bits per heavy atom. The number of hydrogen-bond acceptors (Lipinski definition) is 6. The van der Waals surface area contributed by atoms with Crippen molar-refractivity contribution in [3.8, 4) is 0 Å². The molecule has 0 spiro atoms. The lowest BCUT2D eigenvalue weighted by Gasteiger charge is -2.05. The maximum absolute atomic E-state index is 11.2. The highest BCUT2D eigenvalue weighted by molar-refractivity contribution is 6.28. The minimum Gasteiger partial charge on any atom is -0.465 e. The summed E-state index contributed by atoms with van der Waals surface area (Å²) in [6.07, 6.45) is 1.55. The molecule has 2 aromatic heterocycles. The van der Waals surface area contributed by atoms with E-state index in [2.05, 4.69) is 25.5 Å². The van der Waals surface area contributed by atoms with E-state index in [1.807, 2.05) is 0 Å². The highest BCUT2D eigenvalue weighted by atomic mass is 35.5. The van der Waals surface area contributed by atoms with Gasteiger partial charge in [-0.25, -0.2) is 0 Å². The summed E-state index contributed by atoms with van der Waals surface area (Å²) in [5.41, 5.74) is 0.511. The Balaban J connectivity index is 2.17. The molecule has 2 rings (SSSR count). The van der Waals surface area contributed by atoms with Crippen molar-refractivity contribution >= 4 is 34.4 Å². The number of fused-ring (bicyclic) bond motifs is 1. The van der Waals surface area contributed by atoms with Gasteiger partial charge in [0.2, 0.25) is 5.28 Å². The van der Waals surface area contributed by atoms with Gasteiger partial charge in [-0.1, -0.05) is 0 Å². The van der Waals surface area contributed by atoms with E-state index >= 15 is 0 Å². The van der Waals surface area contributed by atoms with Crippen LogP contribution in [0.5, 0.6) is 0 Å². The molecular weight excluding hydrogens is 246 g/mol. The van der Waals surface area contributed by atoms with E-state index in [1.54, 1.807) is 13.1 Å². The largest absolute Gasteiger partial charge is 0.465 e. The summed E-state index contributed by atoms with van der Waals surface area (Å²) in [7, 11) is 0. The van der Waals surface area contributed by atoms with Crippen LogP contribution in [0.3, 0.4) is 0 Å². The average Bonchev–Trinajstić information content (AvgIpc) is 2.74. The maximum atomic E-state index is 11.2. The predicted molar refractivity (Wildman–Crippen MR) is 61.8 cm³/mol. The van der Waals surface area contributed by atoms with Crippen molar-refractivity contribution in [1.29, 1.82) is 0 Å². The molecular formula is C9H10ClN5O2. The Morgan fingerprint density at radius 2 is 2.41 bits per heavy atom. The normalized spacial score (nSPS) is 10.5. The minimum atomic E-state index is -0.362. The van der Waals surface area contributed by atoms with Crippen molar-refractivity contribution in [3.05, 3.63) is 11.5 Å². The molecule has 17 heavy (non-hydrogen) atoms. The fraction of sp³-hybridized carbons (Fsp3) is 0.333. The SMILES string of the molecule is CCOC(=O)CNc1nc(Cl)nc2[nH]ncc12. The number of aromatic nitrogens is 4. The lowest BCUT2D eigenvalue weighted by Crippen LogP contribution is -2.17. The van der Waals surface area contributed by atoms with Crippen molar-refractivity contribution in [1.82, 2.24) is 20.2 Å². The number of carbonyl (C=O) groups excluding carboxylic acids is 1. The van der Waals surface area contributed by atoms with Crippen LogP contribution < -0.4 is 5.32 Å². The van der Waals surface area contributed by atoms with Gasteiger partial charge in [0.1, 0.15) is 12.4 Å². The number of carbonyl (C=O) groups is 1. The van der Waals surface area contributed by atoms with Crippen LogP contribution in [0, 0.1) is 0 Å². The van der Waals surface area contributed by atoms with E-state index in [-0.39, 0.29) is 17.8 Å². The molecule has 2 N–H and O–H groups in total. The zero-order valence-electron chi connectivity index (χ0n) is 9.03. The number of anilines is 1. The molecule has 7 nitrogen and oxygen atoms in total. The van der Waals surface area contributed by atoms with Crippen LogP contribution in [-0.4, -0.2) is 39.3 Å². The standard InChI is InChI=1S/C9H10ClN5O2/c1-2-17-6(16)4-11-7-5-3-12-15-8(5)14-9(10)13-7/h3H,2,4H2,1H3,(H2,11,12,13,14,15). The number of aromatic amines is 1. The van der Waals surface area contributed by atoms with Crippen LogP contribution in [-0.2, 0) is 9.53 Å². The number of nitrogens with one attached hydrogen (secondary N) is 2. The summed E-state index contributed by atoms with van der Waals surface area (Å²) in [6, 6.07) is 0. The fourth-order valence-corrected chi connectivity index (χ4v) is 1.48. The zero-order valence-corrected chi connectivity index (χ0v) is 9.78. The first-order valence-electron chi connectivity index (χ1n) is 4.97. The number of rotatable bonds is 4. The molecule has 2 aromatic rings. The van der Waals surface area contributed by atoms with Crippen molar-refractivity contribution in [2.75, 3.05) is 18.5 Å². The van der Waals surface area contributed by atoms with Crippen LogP contribution in [0.2, 0.25) is 5.28 Å². The molecule has 0 amide bonds. The molecule has 0 aliphatic carbocycles. The van der Waals surface area contributed by atoms with Crippen molar-refractivity contribution < 1.29 is 9.53 Å². The zero-order chi connectivity index (χ0) is 12.3. The highest BCUT2D eigenvalue weighted by Gasteiger charge is 2.09. The van der Waals surface area contributed by atoms with Crippen molar-refractivity contribution in [3.63, 3.8) is 0 Å². The van der Waals surface area contributed by atoms with E-state index in [0.29, 0.717) is 23.5 Å². The van der Waals surface area contributed by atoms with Gasteiger partial charge < -0.3 is 10.1 Å². The van der Waals surface area contributed by atoms with E-state index in [1.165, 1.54) is 0 Å². The first-order chi connectivity index (χ1) is 8.20. The van der Waals surface area contributed by atoms with Gasteiger partial charge in [0.15, 0.2) is 5.65 Å². The second kappa shape index (κ2) is 4.96. The minimum absolute atomic E-state index is 0.0153. The summed E-state index contributed by atoms with van der Waals surface area (Å²) >= 11 is 5.73. The molecule has 0 fully saturated rings. The molecule has 2 heterocycles. The summed E-state index contributed by atoms with van der Waals surface area (Å²) in [5, 5.41) is 10.1. The van der Waals surface area contributed by atoms with Gasteiger partial charge in [0.25, 0.3) is 0 Å². The predicted octanol–water partition coefficient (Wildman–Crippen LogP) is 0.981. The number of hydrogen-bond donors (Lipinski definition) is 2. The summed E-state index contributed by atoms with van der Waals surface area (Å²) in [4.78, 5) is 19.1. The van der Waals surface area contributed by atoms with E-state index in [0.717, 1.165) is 0 Å². The molecule has 0 aliphatic rings. The second-order valence-corrected chi connectivity index (χ2v) is 3.47. The van der Waals surface area contributed by atoms with Crippen molar-refractivity contribution in [2.24, 2.45) is 0 Å². The third-order valence-corrected chi connectivity index (χ3v) is 2.16. The maximum Gasteiger partial charge on any atom is 0.325 e. The average molecular weight is 256 g/mol. The van der Waals surface area contributed by atoms with Gasteiger partial charge in [0, 0.05) is 0 Å². The van der Waals surface area contributed by atoms with Crippen LogP contribution in [0.4, 0.5) is 5.82 Å². The Morgan fingerprint density at radius 1 is 1.59 bits per heavy atom. The third kappa shape index (κ3) is 2.62. The Hall–Kier alpha value is -1.89. The van der Waals surface area contributed by atoms with Gasteiger partial charge in [-0.15, -0.1) is 0 Å². The Bertz CT molecular complexity index is 541. The molecule has 0 unspecified atom stereocenters. The Labute approximate surface area is 102 Å². The number of nitrogens with zero attached hydrogens (tertiary/aromatic N) is 3. The monoisotopic (exact) mass is 255 g/mol. The molecule has 0 bridgehead atoms. The smallest absolute Gasteiger partial charge is 0.325 e. The molecule has 0 aromatic carbocycles. The lowest BCUT2D eigenvalue weighted by molar-refractivity contribution is -0.140. The summed E-state index contributed by atoms with van der Waals surface area (Å²) in [5.74, 6) is 0.0840. The van der Waals surface area contributed by atoms with Crippen molar-refractivity contribution in [2.45, 2.75) is 6.92 Å². The molecule has 90 valence electrons. The number of esters is 1. The third-order valence-electron chi connectivity index (χ3n) is 1.99. The summed E-state index contributed by atoms with van der Waals surface area (Å²) in [6.45, 7) is 2.10. The van der Waals surface area contributed by atoms with Gasteiger partial charge in [-0.3, -0.25) is 9.89 Å². The van der Waals surface area contributed by atoms with E-state index in [4.69, 9.17) is 16.3 Å². The fourth-order valence-electron chi connectivity index (χ4n) is 1.31. The van der Waals surface area contributed by atoms with E-state index < -0.39 is 0 Å². The number of halogens is 1. The van der Waals surface area contributed by atoms with Crippen LogP contribution in [0.25, 0.3) is 11.0 Å². The van der Waals surface area contributed by atoms with Gasteiger partial charge in [0.05, 0.1) is 18.2 Å². The van der Waals surface area contributed by atoms with Crippen LogP contribution in [0.15, 0.2) is 6.20 Å². The van der Waals surface area contributed by atoms with Gasteiger partial charge in [-0.05, 0) is 18.5 Å². The lowest BCUT2D eigenvalue weighted by atomic mass is 10.4. The molecule has 0 atom stereocenters. The molecule has 0 aliphatic heterocycles. The first kappa shape index (κ1) is 11.6. The van der Waals surface area contributed by atoms with E-state index in [9.17, 15) is 4.79 Å². The number of ether oxygens (including phenoxy) is 1. The second-order valence-electron chi connectivity index (χ2n) is 3.13. The molecule has 0 radical (unpaired) electrons. The van der Waals surface area contributed by atoms with Crippen LogP contribution >= 0.6 is 11.6 Å². The number of H-pyrrole nitrogens is 1. The molecule has 0 saturated carbocycles. The quantitative estimate of drug-likeness (QED) is 0.625. The molecule has 0 saturated heterocycles. The summed E-state index contributed by atoms with van der Waals surface area (Å²) < 4.78 is 4.79. The first-order valence-corrected chi connectivity index (χ1v) is 5.34. The molecule has 8 heteroatoms. The van der Waals surface area contributed by atoms with Gasteiger partial charge >= 0.3 is 5.97 Å².